The Morgan fingerprint density at radius 3 is 2.71 bits per heavy atom. The minimum atomic E-state index is -0.470. The summed E-state index contributed by atoms with van der Waals surface area (Å²) in [6, 6.07) is 1.91. The fourth-order valence-corrected chi connectivity index (χ4v) is 3.57. The smallest absolute Gasteiger partial charge is 0.284 e. The number of nitrogens with zero attached hydrogens (tertiary/aromatic N) is 1. The van der Waals surface area contributed by atoms with Gasteiger partial charge in [-0.1, -0.05) is 0 Å². The maximum absolute atomic E-state index is 11.4. The molecule has 3 aliphatic heterocycles. The predicted molar refractivity (Wildman–Crippen MR) is 66.8 cm³/mol. The minimum Gasteiger partial charge on any atom is -0.444 e. The van der Waals surface area contributed by atoms with Crippen molar-refractivity contribution in [2.24, 2.45) is 11.7 Å². The molecule has 0 radical (unpaired) electrons. The van der Waals surface area contributed by atoms with E-state index in [1.54, 1.807) is 0 Å². The van der Waals surface area contributed by atoms with Crippen molar-refractivity contribution in [2.75, 3.05) is 19.6 Å². The zero-order valence-corrected chi connectivity index (χ0v) is 11.1. The van der Waals surface area contributed by atoms with Gasteiger partial charge in [-0.25, -0.2) is 0 Å². The maximum atomic E-state index is 11.4. The Morgan fingerprint density at radius 2 is 2.18 bits per heavy atom. The van der Waals surface area contributed by atoms with Crippen LogP contribution >= 0.6 is 15.9 Å². The molecule has 3 aliphatic rings. The average molecular weight is 299 g/mol. The monoisotopic (exact) mass is 298 g/mol. The first-order chi connectivity index (χ1) is 8.15. The van der Waals surface area contributed by atoms with Crippen molar-refractivity contribution in [3.05, 3.63) is 22.1 Å². The molecule has 1 atom stereocenters. The third kappa shape index (κ3) is 1.91. The van der Waals surface area contributed by atoms with E-state index in [1.165, 1.54) is 25.9 Å². The summed E-state index contributed by atoms with van der Waals surface area (Å²) in [4.78, 5) is 13.8. The Hall–Kier alpha value is -0.810. The summed E-state index contributed by atoms with van der Waals surface area (Å²) in [6.45, 7) is 3.40. The number of piperidine rings is 3. The Balaban J connectivity index is 1.96. The molecule has 3 saturated heterocycles. The van der Waals surface area contributed by atoms with Crippen LogP contribution in [-0.2, 0) is 0 Å². The van der Waals surface area contributed by atoms with Gasteiger partial charge in [0.25, 0.3) is 5.91 Å². The van der Waals surface area contributed by atoms with Crippen LogP contribution < -0.4 is 5.73 Å². The zero-order valence-electron chi connectivity index (χ0n) is 9.49. The van der Waals surface area contributed by atoms with E-state index in [9.17, 15) is 4.79 Å². The molecule has 2 bridgehead atoms. The second-order valence-electron chi connectivity index (χ2n) is 4.94. The van der Waals surface area contributed by atoms with Gasteiger partial charge < -0.3 is 15.1 Å². The molecule has 2 N–H and O–H groups in total. The van der Waals surface area contributed by atoms with Crippen molar-refractivity contribution in [3.8, 4) is 0 Å². The van der Waals surface area contributed by atoms with Crippen LogP contribution in [0.2, 0.25) is 0 Å². The van der Waals surface area contributed by atoms with Crippen LogP contribution in [-0.4, -0.2) is 30.4 Å². The molecule has 1 amide bonds. The Bertz CT molecular complexity index is 449. The second-order valence-corrected chi connectivity index (χ2v) is 5.73. The molecule has 4 heterocycles. The number of hydrogen-bond acceptors (Lipinski definition) is 3. The van der Waals surface area contributed by atoms with Gasteiger partial charge in [-0.15, -0.1) is 0 Å². The number of carbonyl (C=O) groups is 1. The summed E-state index contributed by atoms with van der Waals surface area (Å²) in [7, 11) is 0. The van der Waals surface area contributed by atoms with Gasteiger partial charge in [0.2, 0.25) is 0 Å². The van der Waals surface area contributed by atoms with Gasteiger partial charge in [0.15, 0.2) is 10.4 Å². The third-order valence-electron chi connectivity index (χ3n) is 4.01. The first-order valence-corrected chi connectivity index (χ1v) is 6.76. The number of primary amides is 1. The lowest BCUT2D eigenvalue weighted by molar-refractivity contribution is 0.0844. The highest BCUT2D eigenvalue weighted by Gasteiger charge is 2.37. The number of halogens is 1. The molecule has 3 fully saturated rings. The van der Waals surface area contributed by atoms with Crippen LogP contribution in [0.15, 0.2) is 15.2 Å². The van der Waals surface area contributed by atoms with Gasteiger partial charge in [0.05, 0.1) is 0 Å². The number of rotatable bonds is 2. The molecule has 0 spiro atoms. The standard InChI is InChI=1S/C12H15BrN2O2/c13-10-5-8(11(17-10)12(14)16)9-6-15-3-1-7(9)2-4-15/h5,7,9H,1-4,6H2,(H2,14,16)/t9-/m1/s1. The first-order valence-electron chi connectivity index (χ1n) is 5.96. The van der Waals surface area contributed by atoms with Crippen LogP contribution in [0.4, 0.5) is 0 Å². The van der Waals surface area contributed by atoms with Crippen LogP contribution in [0.1, 0.15) is 34.9 Å². The number of nitrogens with two attached hydrogens (primary N) is 1. The average Bonchev–Trinajstić information content (AvgIpc) is 2.73. The lowest BCUT2D eigenvalue weighted by atomic mass is 9.75. The Morgan fingerprint density at radius 1 is 1.47 bits per heavy atom. The SMILES string of the molecule is NC(=O)c1oc(Br)cc1[C@@H]1CN2CCC1CC2. The summed E-state index contributed by atoms with van der Waals surface area (Å²) in [5, 5.41) is 0. The van der Waals surface area contributed by atoms with Gasteiger partial charge in [-0.2, -0.15) is 0 Å². The van der Waals surface area contributed by atoms with Gasteiger partial charge in [0.1, 0.15) is 0 Å². The highest BCUT2D eigenvalue weighted by molar-refractivity contribution is 9.10. The lowest BCUT2D eigenvalue weighted by Crippen LogP contribution is -2.46. The highest BCUT2D eigenvalue weighted by Crippen LogP contribution is 2.41. The number of furan rings is 1. The number of hydrogen-bond donors (Lipinski definition) is 1. The van der Waals surface area contributed by atoms with E-state index in [2.05, 4.69) is 20.8 Å². The normalized spacial score (nSPS) is 31.7. The lowest BCUT2D eigenvalue weighted by Gasteiger charge is -2.44. The van der Waals surface area contributed by atoms with Crippen molar-refractivity contribution in [1.29, 1.82) is 0 Å². The van der Waals surface area contributed by atoms with Crippen molar-refractivity contribution in [3.63, 3.8) is 0 Å². The summed E-state index contributed by atoms with van der Waals surface area (Å²) >= 11 is 3.28. The molecule has 0 unspecified atom stereocenters. The molecular formula is C12H15BrN2O2. The van der Waals surface area contributed by atoms with Crippen LogP contribution in [0, 0.1) is 5.92 Å². The highest BCUT2D eigenvalue weighted by atomic mass is 79.9. The van der Waals surface area contributed by atoms with Crippen molar-refractivity contribution >= 4 is 21.8 Å². The first kappa shape index (κ1) is 11.3. The summed E-state index contributed by atoms with van der Waals surface area (Å²) in [5.41, 5.74) is 6.35. The molecule has 4 nitrogen and oxygen atoms in total. The second kappa shape index (κ2) is 4.14. The van der Waals surface area contributed by atoms with E-state index in [0.717, 1.165) is 12.1 Å². The van der Waals surface area contributed by atoms with Crippen molar-refractivity contribution < 1.29 is 9.21 Å². The van der Waals surface area contributed by atoms with E-state index in [-0.39, 0.29) is 0 Å². The molecule has 0 aromatic carbocycles. The van der Waals surface area contributed by atoms with E-state index in [1.807, 2.05) is 6.07 Å². The van der Waals surface area contributed by atoms with Crippen molar-refractivity contribution in [1.82, 2.24) is 4.90 Å². The van der Waals surface area contributed by atoms with E-state index < -0.39 is 5.91 Å². The molecule has 0 saturated carbocycles. The zero-order chi connectivity index (χ0) is 12.0. The molecule has 92 valence electrons. The third-order valence-corrected chi connectivity index (χ3v) is 4.40. The minimum absolute atomic E-state index is 0.329. The van der Waals surface area contributed by atoms with Crippen LogP contribution in [0.3, 0.4) is 0 Å². The largest absolute Gasteiger partial charge is 0.444 e. The fraction of sp³-hybridized carbons (Fsp3) is 0.583. The van der Waals surface area contributed by atoms with E-state index in [0.29, 0.717) is 22.3 Å². The van der Waals surface area contributed by atoms with Crippen LogP contribution in [0.25, 0.3) is 0 Å². The van der Waals surface area contributed by atoms with Gasteiger partial charge >= 0.3 is 0 Å². The Labute approximate surface area is 108 Å². The molecule has 5 heteroatoms. The molecule has 0 aliphatic carbocycles. The summed E-state index contributed by atoms with van der Waals surface area (Å²) < 4.78 is 5.96. The van der Waals surface area contributed by atoms with Gasteiger partial charge in [0, 0.05) is 18.0 Å². The Kier molecular flexibility index (Phi) is 2.75. The predicted octanol–water partition coefficient (Wildman–Crippen LogP) is 1.95. The number of carbonyl (C=O) groups excluding carboxylic acids is 1. The van der Waals surface area contributed by atoms with Crippen molar-refractivity contribution in [2.45, 2.75) is 18.8 Å². The molecule has 1 aromatic heterocycles. The molecular weight excluding hydrogens is 284 g/mol. The quantitative estimate of drug-likeness (QED) is 0.908. The maximum Gasteiger partial charge on any atom is 0.284 e. The molecule has 4 rings (SSSR count). The molecule has 1 aromatic rings. The van der Waals surface area contributed by atoms with Gasteiger partial charge in [-0.3, -0.25) is 4.79 Å². The summed E-state index contributed by atoms with van der Waals surface area (Å²) in [6.07, 6.45) is 2.43. The van der Waals surface area contributed by atoms with E-state index in [4.69, 9.17) is 10.2 Å². The van der Waals surface area contributed by atoms with Gasteiger partial charge in [-0.05, 0) is 53.8 Å². The number of fused-ring (bicyclic) bond motifs is 3. The number of amides is 1. The topological polar surface area (TPSA) is 59.5 Å². The van der Waals surface area contributed by atoms with E-state index >= 15 is 0 Å². The summed E-state index contributed by atoms with van der Waals surface area (Å²) in [5.74, 6) is 0.926. The van der Waals surface area contributed by atoms with Crippen LogP contribution in [0.5, 0.6) is 0 Å². The fourth-order valence-electron chi connectivity index (χ4n) is 3.16. The molecule has 17 heavy (non-hydrogen) atoms.